The van der Waals surface area contributed by atoms with Crippen LogP contribution in [0, 0.1) is 0 Å². The third-order valence-corrected chi connectivity index (χ3v) is 2.25. The van der Waals surface area contributed by atoms with Crippen LogP contribution < -0.4 is 10.6 Å². The highest BCUT2D eigenvalue weighted by atomic mass is 16.5. The van der Waals surface area contributed by atoms with Crippen molar-refractivity contribution in [2.45, 2.75) is 13.3 Å². The molecule has 0 fully saturated rings. The zero-order valence-electron chi connectivity index (χ0n) is 9.57. The molecule has 84 valence electrons. The van der Waals surface area contributed by atoms with Gasteiger partial charge >= 0.3 is 0 Å². The van der Waals surface area contributed by atoms with Gasteiger partial charge in [-0.1, -0.05) is 6.92 Å². The van der Waals surface area contributed by atoms with Gasteiger partial charge in [-0.05, 0) is 30.7 Å². The van der Waals surface area contributed by atoms with Crippen LogP contribution >= 0.6 is 0 Å². The molecule has 3 heteroatoms. The predicted octanol–water partition coefficient (Wildman–Crippen LogP) is 2.13. The molecule has 0 aliphatic rings. The van der Waals surface area contributed by atoms with Gasteiger partial charge in [0.25, 0.3) is 0 Å². The van der Waals surface area contributed by atoms with Crippen molar-refractivity contribution < 1.29 is 4.74 Å². The van der Waals surface area contributed by atoms with Crippen LogP contribution in [0.4, 0.5) is 11.4 Å². The summed E-state index contributed by atoms with van der Waals surface area (Å²) in [5, 5.41) is 0. The van der Waals surface area contributed by atoms with E-state index in [9.17, 15) is 0 Å². The second kappa shape index (κ2) is 6.30. The normalized spacial score (nSPS) is 10.3. The fourth-order valence-corrected chi connectivity index (χ4v) is 1.31. The van der Waals surface area contributed by atoms with Crippen LogP contribution in [-0.4, -0.2) is 26.8 Å². The number of rotatable bonds is 6. The summed E-state index contributed by atoms with van der Waals surface area (Å²) in [4.78, 5) is 2.16. The topological polar surface area (TPSA) is 38.5 Å². The second-order valence-corrected chi connectivity index (χ2v) is 3.63. The Bertz CT molecular complexity index is 271. The summed E-state index contributed by atoms with van der Waals surface area (Å²) >= 11 is 0. The van der Waals surface area contributed by atoms with Crippen molar-refractivity contribution in [2.24, 2.45) is 0 Å². The molecular weight excluding hydrogens is 188 g/mol. The van der Waals surface area contributed by atoms with Gasteiger partial charge in [0.05, 0.1) is 6.61 Å². The quantitative estimate of drug-likeness (QED) is 0.575. The lowest BCUT2D eigenvalue weighted by molar-refractivity contribution is 0.141. The van der Waals surface area contributed by atoms with Crippen LogP contribution in [0.15, 0.2) is 24.3 Å². The number of benzene rings is 1. The van der Waals surface area contributed by atoms with E-state index in [2.05, 4.69) is 18.9 Å². The van der Waals surface area contributed by atoms with Crippen molar-refractivity contribution in [3.63, 3.8) is 0 Å². The lowest BCUT2D eigenvalue weighted by Crippen LogP contribution is -2.22. The van der Waals surface area contributed by atoms with Gasteiger partial charge in [0.1, 0.15) is 0 Å². The second-order valence-electron chi connectivity index (χ2n) is 3.63. The third kappa shape index (κ3) is 4.21. The molecule has 1 aromatic rings. The van der Waals surface area contributed by atoms with Crippen LogP contribution in [-0.2, 0) is 4.74 Å². The van der Waals surface area contributed by atoms with Gasteiger partial charge in [0, 0.05) is 31.6 Å². The Morgan fingerprint density at radius 2 is 1.87 bits per heavy atom. The van der Waals surface area contributed by atoms with Crippen LogP contribution in [0.25, 0.3) is 0 Å². The number of nitrogen functional groups attached to an aromatic ring is 1. The summed E-state index contributed by atoms with van der Waals surface area (Å²) < 4.78 is 5.43. The number of hydrogen-bond donors (Lipinski definition) is 1. The fraction of sp³-hybridized carbons (Fsp3) is 0.500. The van der Waals surface area contributed by atoms with E-state index in [4.69, 9.17) is 10.5 Å². The Morgan fingerprint density at radius 3 is 2.47 bits per heavy atom. The minimum absolute atomic E-state index is 0.773. The lowest BCUT2D eigenvalue weighted by Gasteiger charge is -2.19. The summed E-state index contributed by atoms with van der Waals surface area (Å²) in [5.41, 5.74) is 7.59. The molecule has 0 amide bonds. The number of hydrogen-bond acceptors (Lipinski definition) is 3. The number of ether oxygens (including phenoxy) is 1. The maximum atomic E-state index is 5.62. The number of likely N-dealkylation sites (N-methyl/N-ethyl adjacent to an activating group) is 1. The van der Waals surface area contributed by atoms with Crippen molar-refractivity contribution in [3.8, 4) is 0 Å². The molecule has 3 nitrogen and oxygen atoms in total. The summed E-state index contributed by atoms with van der Waals surface area (Å²) in [6, 6.07) is 7.88. The summed E-state index contributed by atoms with van der Waals surface area (Å²) in [7, 11) is 2.06. The van der Waals surface area contributed by atoms with Gasteiger partial charge in [-0.3, -0.25) is 0 Å². The molecule has 0 saturated carbocycles. The van der Waals surface area contributed by atoms with E-state index in [1.807, 2.05) is 24.3 Å². The van der Waals surface area contributed by atoms with Crippen molar-refractivity contribution in [1.29, 1.82) is 0 Å². The molecule has 0 radical (unpaired) electrons. The first-order valence-corrected chi connectivity index (χ1v) is 5.38. The molecule has 0 spiro atoms. The molecular formula is C12H20N2O. The minimum atomic E-state index is 0.773. The summed E-state index contributed by atoms with van der Waals surface area (Å²) in [5.74, 6) is 0. The molecule has 2 N–H and O–H groups in total. The van der Waals surface area contributed by atoms with E-state index in [1.165, 1.54) is 5.69 Å². The molecule has 0 aromatic heterocycles. The average Bonchev–Trinajstić information content (AvgIpc) is 2.25. The molecule has 0 aliphatic heterocycles. The van der Waals surface area contributed by atoms with Gasteiger partial charge in [0.15, 0.2) is 0 Å². The van der Waals surface area contributed by atoms with Crippen molar-refractivity contribution in [1.82, 2.24) is 0 Å². The molecule has 0 bridgehead atoms. The van der Waals surface area contributed by atoms with Gasteiger partial charge in [-0.25, -0.2) is 0 Å². The van der Waals surface area contributed by atoms with Crippen LogP contribution in [0.5, 0.6) is 0 Å². The zero-order chi connectivity index (χ0) is 11.1. The first-order valence-electron chi connectivity index (χ1n) is 5.38. The Kier molecular flexibility index (Phi) is 4.98. The maximum absolute atomic E-state index is 5.62. The van der Waals surface area contributed by atoms with Gasteiger partial charge in [0.2, 0.25) is 0 Å². The lowest BCUT2D eigenvalue weighted by atomic mass is 10.2. The minimum Gasteiger partial charge on any atom is -0.399 e. The predicted molar refractivity (Wildman–Crippen MR) is 65.2 cm³/mol. The van der Waals surface area contributed by atoms with E-state index < -0.39 is 0 Å². The van der Waals surface area contributed by atoms with E-state index in [-0.39, 0.29) is 0 Å². The molecule has 0 atom stereocenters. The van der Waals surface area contributed by atoms with Gasteiger partial charge in [-0.15, -0.1) is 0 Å². The highest BCUT2D eigenvalue weighted by Gasteiger charge is 1.99. The smallest absolute Gasteiger partial charge is 0.0641 e. The van der Waals surface area contributed by atoms with E-state index in [0.29, 0.717) is 0 Å². The first kappa shape index (κ1) is 11.9. The summed E-state index contributed by atoms with van der Waals surface area (Å²) in [6.07, 6.45) is 1.07. The SMILES string of the molecule is CCCOCCN(C)c1ccc(N)cc1. The Hall–Kier alpha value is -1.22. The number of nitrogens with two attached hydrogens (primary N) is 1. The number of nitrogens with zero attached hydrogens (tertiary/aromatic N) is 1. The first-order chi connectivity index (χ1) is 7.24. The molecule has 1 aromatic carbocycles. The van der Waals surface area contributed by atoms with Crippen LogP contribution in [0.1, 0.15) is 13.3 Å². The molecule has 0 aliphatic carbocycles. The highest BCUT2D eigenvalue weighted by Crippen LogP contribution is 2.14. The van der Waals surface area contributed by atoms with E-state index in [1.54, 1.807) is 0 Å². The standard InChI is InChI=1S/C12H20N2O/c1-3-9-15-10-8-14(2)12-6-4-11(13)5-7-12/h4-7H,3,8-10,13H2,1-2H3. The molecule has 0 saturated heterocycles. The Labute approximate surface area is 91.8 Å². The van der Waals surface area contributed by atoms with Crippen LogP contribution in [0.3, 0.4) is 0 Å². The third-order valence-electron chi connectivity index (χ3n) is 2.25. The number of anilines is 2. The van der Waals surface area contributed by atoms with Gasteiger partial charge < -0.3 is 15.4 Å². The van der Waals surface area contributed by atoms with E-state index >= 15 is 0 Å². The fourth-order valence-electron chi connectivity index (χ4n) is 1.31. The molecule has 0 heterocycles. The van der Waals surface area contributed by atoms with Crippen molar-refractivity contribution >= 4 is 11.4 Å². The molecule has 0 unspecified atom stereocenters. The van der Waals surface area contributed by atoms with Crippen molar-refractivity contribution in [2.75, 3.05) is 37.4 Å². The summed E-state index contributed by atoms with van der Waals surface area (Å²) in [6.45, 7) is 4.64. The highest BCUT2D eigenvalue weighted by molar-refractivity contribution is 5.52. The zero-order valence-corrected chi connectivity index (χ0v) is 9.57. The molecule has 1 rings (SSSR count). The Balaban J connectivity index is 2.33. The largest absolute Gasteiger partial charge is 0.399 e. The monoisotopic (exact) mass is 208 g/mol. The van der Waals surface area contributed by atoms with Crippen molar-refractivity contribution in [3.05, 3.63) is 24.3 Å². The van der Waals surface area contributed by atoms with Gasteiger partial charge in [-0.2, -0.15) is 0 Å². The maximum Gasteiger partial charge on any atom is 0.0641 e. The average molecular weight is 208 g/mol. The van der Waals surface area contributed by atoms with Crippen LogP contribution in [0.2, 0.25) is 0 Å². The molecule has 15 heavy (non-hydrogen) atoms. The Morgan fingerprint density at radius 1 is 1.20 bits per heavy atom. The van der Waals surface area contributed by atoms with E-state index in [0.717, 1.165) is 31.9 Å².